The number of methoxy groups -OCH3 is 3. The average Bonchev–Trinajstić information content (AvgIpc) is 2.76. The highest BCUT2D eigenvalue weighted by atomic mass is 16.5. The Hall–Kier alpha value is -1.42. The molecule has 106 valence electrons. The third-order valence-electron chi connectivity index (χ3n) is 3.96. The van der Waals surface area contributed by atoms with E-state index in [1.165, 1.54) is 5.56 Å². The Morgan fingerprint density at radius 2 is 1.63 bits per heavy atom. The molecule has 0 amide bonds. The zero-order valence-corrected chi connectivity index (χ0v) is 12.4. The first-order valence-electron chi connectivity index (χ1n) is 6.54. The van der Waals surface area contributed by atoms with Gasteiger partial charge in [0.25, 0.3) is 0 Å². The van der Waals surface area contributed by atoms with Crippen LogP contribution in [-0.2, 0) is 0 Å². The van der Waals surface area contributed by atoms with E-state index in [1.54, 1.807) is 21.3 Å². The van der Waals surface area contributed by atoms with Crippen molar-refractivity contribution in [3.05, 3.63) is 17.7 Å². The lowest BCUT2D eigenvalue weighted by atomic mass is 9.77. The highest BCUT2D eigenvalue weighted by molar-refractivity contribution is 5.55. The van der Waals surface area contributed by atoms with Crippen LogP contribution in [0.1, 0.15) is 25.3 Å². The van der Waals surface area contributed by atoms with Crippen molar-refractivity contribution in [1.29, 1.82) is 0 Å². The largest absolute Gasteiger partial charge is 0.493 e. The third kappa shape index (κ3) is 2.50. The van der Waals surface area contributed by atoms with E-state index < -0.39 is 0 Å². The van der Waals surface area contributed by atoms with Crippen molar-refractivity contribution in [2.45, 2.75) is 19.8 Å². The number of nitrogens with one attached hydrogen (secondary N) is 1. The second-order valence-electron chi connectivity index (χ2n) is 5.63. The van der Waals surface area contributed by atoms with Gasteiger partial charge in [0.15, 0.2) is 11.5 Å². The maximum absolute atomic E-state index is 5.42. The Labute approximate surface area is 115 Å². The molecule has 0 aromatic heterocycles. The summed E-state index contributed by atoms with van der Waals surface area (Å²) in [5.74, 6) is 2.54. The third-order valence-corrected chi connectivity index (χ3v) is 3.96. The molecule has 1 N–H and O–H groups in total. The molecule has 1 aliphatic heterocycles. The normalized spacial score (nSPS) is 21.2. The van der Waals surface area contributed by atoms with Crippen LogP contribution in [0, 0.1) is 5.41 Å². The van der Waals surface area contributed by atoms with Gasteiger partial charge in [0.05, 0.1) is 21.3 Å². The second-order valence-corrected chi connectivity index (χ2v) is 5.63. The average molecular weight is 265 g/mol. The summed E-state index contributed by atoms with van der Waals surface area (Å²) in [4.78, 5) is 0. The molecule has 4 heteroatoms. The lowest BCUT2D eigenvalue weighted by Crippen LogP contribution is -2.20. The topological polar surface area (TPSA) is 39.7 Å². The van der Waals surface area contributed by atoms with Crippen molar-refractivity contribution in [1.82, 2.24) is 5.32 Å². The molecule has 4 nitrogen and oxygen atoms in total. The predicted molar refractivity (Wildman–Crippen MR) is 75.5 cm³/mol. The lowest BCUT2D eigenvalue weighted by Gasteiger charge is -2.27. The van der Waals surface area contributed by atoms with Gasteiger partial charge in [-0.25, -0.2) is 0 Å². The molecular weight excluding hydrogens is 242 g/mol. The SMILES string of the molecule is COc1cc(C2CNCC2(C)C)cc(OC)c1OC. The minimum Gasteiger partial charge on any atom is -0.493 e. The molecule has 2 rings (SSSR count). The van der Waals surface area contributed by atoms with Gasteiger partial charge in [-0.2, -0.15) is 0 Å². The van der Waals surface area contributed by atoms with Crippen LogP contribution in [0.25, 0.3) is 0 Å². The first-order chi connectivity index (χ1) is 9.03. The molecule has 1 atom stereocenters. The fourth-order valence-electron chi connectivity index (χ4n) is 2.81. The molecule has 1 aromatic carbocycles. The molecule has 1 heterocycles. The van der Waals surface area contributed by atoms with E-state index in [4.69, 9.17) is 14.2 Å². The van der Waals surface area contributed by atoms with E-state index in [-0.39, 0.29) is 5.41 Å². The maximum atomic E-state index is 5.42. The van der Waals surface area contributed by atoms with Crippen LogP contribution in [0.5, 0.6) is 17.2 Å². The Bertz CT molecular complexity index is 432. The fraction of sp³-hybridized carbons (Fsp3) is 0.600. The van der Waals surface area contributed by atoms with Crippen LogP contribution in [0.2, 0.25) is 0 Å². The number of rotatable bonds is 4. The van der Waals surface area contributed by atoms with Gasteiger partial charge in [-0.3, -0.25) is 0 Å². The molecule has 1 fully saturated rings. The quantitative estimate of drug-likeness (QED) is 0.907. The summed E-state index contributed by atoms with van der Waals surface area (Å²) in [7, 11) is 4.93. The summed E-state index contributed by atoms with van der Waals surface area (Å²) in [6, 6.07) is 4.11. The number of hydrogen-bond donors (Lipinski definition) is 1. The molecular formula is C15H23NO3. The second kappa shape index (κ2) is 5.29. The standard InChI is InChI=1S/C15H23NO3/c1-15(2)9-16-8-11(15)10-6-12(17-3)14(19-5)13(7-10)18-4/h6-7,11,16H,8-9H2,1-5H3. The summed E-state index contributed by atoms with van der Waals surface area (Å²) < 4.78 is 16.2. The molecule has 19 heavy (non-hydrogen) atoms. The van der Waals surface area contributed by atoms with E-state index in [9.17, 15) is 0 Å². The van der Waals surface area contributed by atoms with E-state index in [1.807, 2.05) is 0 Å². The highest BCUT2D eigenvalue weighted by Gasteiger charge is 2.36. The molecule has 1 unspecified atom stereocenters. The molecule has 0 spiro atoms. The minimum absolute atomic E-state index is 0.227. The Balaban J connectivity index is 2.47. The van der Waals surface area contributed by atoms with E-state index >= 15 is 0 Å². The van der Waals surface area contributed by atoms with Gasteiger partial charge in [0, 0.05) is 19.0 Å². The van der Waals surface area contributed by atoms with Crippen LogP contribution < -0.4 is 19.5 Å². The van der Waals surface area contributed by atoms with Gasteiger partial charge in [-0.1, -0.05) is 13.8 Å². The van der Waals surface area contributed by atoms with Gasteiger partial charge >= 0.3 is 0 Å². The van der Waals surface area contributed by atoms with Gasteiger partial charge in [-0.15, -0.1) is 0 Å². The maximum Gasteiger partial charge on any atom is 0.203 e. The summed E-state index contributed by atoms with van der Waals surface area (Å²) in [5, 5.41) is 3.45. The summed E-state index contributed by atoms with van der Waals surface area (Å²) in [6.45, 7) is 6.56. The van der Waals surface area contributed by atoms with E-state index in [2.05, 4.69) is 31.3 Å². The van der Waals surface area contributed by atoms with Gasteiger partial charge in [0.2, 0.25) is 5.75 Å². The van der Waals surface area contributed by atoms with Crippen LogP contribution in [0.15, 0.2) is 12.1 Å². The van der Waals surface area contributed by atoms with Gasteiger partial charge < -0.3 is 19.5 Å². The fourth-order valence-corrected chi connectivity index (χ4v) is 2.81. The molecule has 1 aliphatic rings. The van der Waals surface area contributed by atoms with Crippen molar-refractivity contribution in [3.63, 3.8) is 0 Å². The zero-order valence-electron chi connectivity index (χ0n) is 12.4. The van der Waals surface area contributed by atoms with E-state index in [0.717, 1.165) is 24.6 Å². The first-order valence-corrected chi connectivity index (χ1v) is 6.54. The Morgan fingerprint density at radius 1 is 1.05 bits per heavy atom. The van der Waals surface area contributed by atoms with Crippen molar-refractivity contribution >= 4 is 0 Å². The van der Waals surface area contributed by atoms with Gasteiger partial charge in [-0.05, 0) is 23.1 Å². The van der Waals surface area contributed by atoms with Crippen molar-refractivity contribution in [2.24, 2.45) is 5.41 Å². The molecule has 0 radical (unpaired) electrons. The van der Waals surface area contributed by atoms with E-state index in [0.29, 0.717) is 11.7 Å². The lowest BCUT2D eigenvalue weighted by molar-refractivity contribution is 0.319. The Morgan fingerprint density at radius 3 is 2.00 bits per heavy atom. The summed E-state index contributed by atoms with van der Waals surface area (Å²) >= 11 is 0. The van der Waals surface area contributed by atoms with Crippen molar-refractivity contribution in [2.75, 3.05) is 34.4 Å². The molecule has 0 saturated carbocycles. The van der Waals surface area contributed by atoms with Crippen LogP contribution in [0.4, 0.5) is 0 Å². The number of benzene rings is 1. The summed E-state index contributed by atoms with van der Waals surface area (Å²) in [6.07, 6.45) is 0. The zero-order chi connectivity index (χ0) is 14.0. The van der Waals surface area contributed by atoms with Crippen molar-refractivity contribution < 1.29 is 14.2 Å². The van der Waals surface area contributed by atoms with Crippen LogP contribution >= 0.6 is 0 Å². The van der Waals surface area contributed by atoms with Crippen molar-refractivity contribution in [3.8, 4) is 17.2 Å². The predicted octanol–water partition coefficient (Wildman–Crippen LogP) is 2.43. The Kier molecular flexibility index (Phi) is 3.90. The first kappa shape index (κ1) is 14.0. The number of hydrogen-bond acceptors (Lipinski definition) is 4. The molecule has 0 bridgehead atoms. The monoisotopic (exact) mass is 265 g/mol. The molecule has 0 aliphatic carbocycles. The molecule has 1 aromatic rings. The highest BCUT2D eigenvalue weighted by Crippen LogP contribution is 2.45. The van der Waals surface area contributed by atoms with Gasteiger partial charge in [0.1, 0.15) is 0 Å². The smallest absolute Gasteiger partial charge is 0.203 e. The van der Waals surface area contributed by atoms with Crippen LogP contribution in [0.3, 0.4) is 0 Å². The number of ether oxygens (including phenoxy) is 3. The molecule has 1 saturated heterocycles. The minimum atomic E-state index is 0.227. The van der Waals surface area contributed by atoms with Crippen LogP contribution in [-0.4, -0.2) is 34.4 Å². The summed E-state index contributed by atoms with van der Waals surface area (Å²) in [5.41, 5.74) is 1.45.